The largest absolute Gasteiger partial charge is 0.457 e. The second-order valence-corrected chi connectivity index (χ2v) is 22.4. The zero-order valence-electron chi connectivity index (χ0n) is 53.3. The number of carbonyl (C=O) groups excluding carboxylic acids is 3. The number of rotatable bonds is 15. The predicted octanol–water partition coefficient (Wildman–Crippen LogP) is 17.8. The number of ether oxygens (including phenoxy) is 3. The Kier molecular flexibility index (Phi) is 19.7. The molecule has 21 nitrogen and oxygen atoms in total. The third kappa shape index (κ3) is 17.0. The van der Waals surface area contributed by atoms with Gasteiger partial charge in [0.05, 0.1) is 110 Å². The van der Waals surface area contributed by atoms with Gasteiger partial charge < -0.3 is 30.2 Å². The molecule has 0 radical (unpaired) electrons. The highest BCUT2D eigenvalue weighted by Gasteiger charge is 2.32. The minimum atomic E-state index is -4.60. The lowest BCUT2D eigenvalue weighted by Gasteiger charge is -2.11. The maximum atomic E-state index is 14.7. The normalized spacial score (nSPS) is 11.3. The summed E-state index contributed by atoms with van der Waals surface area (Å²) in [4.78, 5) is 63.7. The van der Waals surface area contributed by atoms with Gasteiger partial charge >= 0.3 is 12.4 Å². The molecule has 6 N–H and O–H groups in total. The number of nitrogens with zero attached hydrogens (tertiary/aromatic N) is 9. The third-order valence-electron chi connectivity index (χ3n) is 15.2. The number of anilines is 3. The fraction of sp³-hybridized carbons (Fsp3) is 0.0270. The van der Waals surface area contributed by atoms with Crippen LogP contribution < -0.4 is 30.2 Å². The number of nitrogens with one attached hydrogen (secondary N) is 6. The smallest absolute Gasteiger partial charge is 0.416 e. The Bertz CT molecular complexity index is 5720. The van der Waals surface area contributed by atoms with Gasteiger partial charge in [0.1, 0.15) is 46.2 Å². The Morgan fingerprint density at radius 2 is 0.733 bits per heavy atom. The Morgan fingerprint density at radius 1 is 0.352 bits per heavy atom. The van der Waals surface area contributed by atoms with E-state index in [0.29, 0.717) is 73.5 Å². The van der Waals surface area contributed by atoms with Crippen LogP contribution in [-0.2, 0) is 12.4 Å². The van der Waals surface area contributed by atoms with Gasteiger partial charge in [-0.15, -0.1) is 0 Å². The molecule has 31 heteroatoms. The van der Waals surface area contributed by atoms with E-state index in [1.54, 1.807) is 110 Å². The zero-order chi connectivity index (χ0) is 73.4. The van der Waals surface area contributed by atoms with E-state index in [9.17, 15) is 58.3 Å². The summed E-state index contributed by atoms with van der Waals surface area (Å²) in [6.07, 6.45) is 5.65. The SMILES string of the molecule is O=C(Nc1ccc(Oc2ccc3ncc(-c4cn[nH]c4)nc3c2)c(F)c1)c1cccc(C(F)(F)F)c1.O=C(Nc1ccc(Oc2ccc3ncc(-c4cn[nH]c4)nc3c2)cc1F)c1cccc(C(F)(F)F)c1.O=C(Nc1ccc(Oc2ccc3ncc(-c4cn[nH]c4)nc3c2)cc1F)c1cccc(F)c1. The number of hydrogen-bond acceptors (Lipinski definition) is 15. The molecule has 0 unspecified atom stereocenters. The predicted molar refractivity (Wildman–Crippen MR) is 364 cm³/mol. The van der Waals surface area contributed by atoms with Gasteiger partial charge in [0, 0.05) is 94.1 Å². The fourth-order valence-electron chi connectivity index (χ4n) is 10.0. The summed E-state index contributed by atoms with van der Waals surface area (Å²) < 4.78 is 152. The van der Waals surface area contributed by atoms with Gasteiger partial charge in [0.15, 0.2) is 11.6 Å². The van der Waals surface area contributed by atoms with E-state index in [-0.39, 0.29) is 51.0 Å². The Labute approximate surface area is 584 Å². The number of carbonyl (C=O) groups is 3. The van der Waals surface area contributed by atoms with Crippen molar-refractivity contribution >= 4 is 67.9 Å². The third-order valence-corrected chi connectivity index (χ3v) is 15.2. The maximum Gasteiger partial charge on any atom is 0.416 e. The summed E-state index contributed by atoms with van der Waals surface area (Å²) in [5, 5.41) is 26.9. The molecule has 0 aliphatic heterocycles. The monoisotopic (exact) mass is 1430 g/mol. The zero-order valence-corrected chi connectivity index (χ0v) is 53.3. The van der Waals surface area contributed by atoms with Crippen LogP contribution in [0.1, 0.15) is 42.2 Å². The molecule has 6 aromatic heterocycles. The first kappa shape index (κ1) is 69.2. The quantitative estimate of drug-likeness (QED) is 0.0521. The molecule has 15 aromatic rings. The fourth-order valence-corrected chi connectivity index (χ4v) is 10.0. The summed E-state index contributed by atoms with van der Waals surface area (Å²) >= 11 is 0. The number of alkyl halides is 6. The second kappa shape index (κ2) is 29.9. The highest BCUT2D eigenvalue weighted by atomic mass is 19.4. The number of hydrogen-bond donors (Lipinski definition) is 6. The summed E-state index contributed by atoms with van der Waals surface area (Å²) in [5.41, 5.74) is 5.26. The van der Waals surface area contributed by atoms with Crippen LogP contribution in [0.2, 0.25) is 0 Å². The van der Waals surface area contributed by atoms with E-state index in [0.717, 1.165) is 71.3 Å². The van der Waals surface area contributed by atoms with Crippen molar-refractivity contribution in [2.24, 2.45) is 0 Å². The van der Waals surface area contributed by atoms with E-state index in [1.165, 1.54) is 66.7 Å². The van der Waals surface area contributed by atoms with Gasteiger partial charge in [-0.25, -0.2) is 32.5 Å². The van der Waals surface area contributed by atoms with Crippen molar-refractivity contribution < 1.29 is 72.5 Å². The van der Waals surface area contributed by atoms with Crippen LogP contribution in [0.4, 0.5) is 61.0 Å². The Morgan fingerprint density at radius 3 is 1.11 bits per heavy atom. The summed E-state index contributed by atoms with van der Waals surface area (Å²) in [7, 11) is 0. The molecular formula is C74H45F10N15O6. The van der Waals surface area contributed by atoms with Crippen LogP contribution in [0.15, 0.2) is 238 Å². The molecule has 0 saturated heterocycles. The minimum Gasteiger partial charge on any atom is -0.457 e. The van der Waals surface area contributed by atoms with Gasteiger partial charge in [-0.3, -0.25) is 44.6 Å². The van der Waals surface area contributed by atoms with Crippen molar-refractivity contribution in [3.8, 4) is 68.3 Å². The average molecular weight is 1430 g/mol. The minimum absolute atomic E-state index is 0.0502. The van der Waals surface area contributed by atoms with Crippen LogP contribution >= 0.6 is 0 Å². The number of benzene rings is 9. The highest BCUT2D eigenvalue weighted by Crippen LogP contribution is 2.36. The van der Waals surface area contributed by atoms with E-state index >= 15 is 0 Å². The molecule has 6 heterocycles. The topological polar surface area (TPSA) is 278 Å². The van der Waals surface area contributed by atoms with Crippen molar-refractivity contribution in [2.45, 2.75) is 12.4 Å². The lowest BCUT2D eigenvalue weighted by molar-refractivity contribution is -0.138. The lowest BCUT2D eigenvalue weighted by Crippen LogP contribution is -2.14. The molecule has 0 aliphatic carbocycles. The summed E-state index contributed by atoms with van der Waals surface area (Å²) in [6.45, 7) is 0. The van der Waals surface area contributed by atoms with Crippen LogP contribution in [0.3, 0.4) is 0 Å². The van der Waals surface area contributed by atoms with E-state index in [1.807, 2.05) is 0 Å². The number of amides is 3. The second-order valence-electron chi connectivity index (χ2n) is 22.4. The molecule has 0 spiro atoms. The van der Waals surface area contributed by atoms with Crippen LogP contribution in [-0.4, -0.2) is 78.2 Å². The van der Waals surface area contributed by atoms with E-state index in [4.69, 9.17) is 14.2 Å². The standard InChI is InChI=1S/2C25H15F4N5O2.C24H15F2N5O2/c26-19-9-17(33-24(35)14-2-1-3-16(8-14)25(27,28)29)4-7-23(19)36-18-5-6-20-21(10-18)34-22(13-30-20)15-11-31-32-12-15;26-19-9-17(4-6-20(19)34-24(35)14-2-1-3-16(8-14)25(27,28)29)36-18-5-7-21-22(10-18)33-23(13-30-21)15-11-31-32-12-15;25-16-3-1-2-14(8-16)24(32)31-20-6-4-17(9-19(20)26)33-18-5-7-21-22(10-18)30-23(13-27-21)15-11-28-29-12-15/h1-13H,(H,31,32)(H,33,35);1-13H,(H,31,32)(H,34,35);1-13H,(H,28,29)(H,31,32). The van der Waals surface area contributed by atoms with E-state index < -0.39 is 64.5 Å². The lowest BCUT2D eigenvalue weighted by atomic mass is 10.1. The number of aromatic amines is 3. The molecule has 105 heavy (non-hydrogen) atoms. The summed E-state index contributed by atoms with van der Waals surface area (Å²) in [5.74, 6) is -3.79. The maximum absolute atomic E-state index is 14.7. The van der Waals surface area contributed by atoms with Gasteiger partial charge in [-0.05, 0) is 127 Å². The number of aromatic nitrogens is 12. The average Bonchev–Trinajstić information content (AvgIpc) is 1.76. The molecule has 15 rings (SSSR count). The Balaban J connectivity index is 0.000000140. The molecule has 0 fully saturated rings. The van der Waals surface area contributed by atoms with Gasteiger partial charge in [0.25, 0.3) is 17.7 Å². The first-order chi connectivity index (χ1) is 50.6. The molecule has 0 saturated carbocycles. The van der Waals surface area contributed by atoms with Crippen molar-refractivity contribution in [3.05, 3.63) is 289 Å². The number of halogens is 10. The first-order valence-corrected chi connectivity index (χ1v) is 30.8. The molecule has 522 valence electrons. The van der Waals surface area contributed by atoms with Crippen LogP contribution in [0.25, 0.3) is 66.9 Å². The molecule has 0 atom stereocenters. The first-order valence-electron chi connectivity index (χ1n) is 30.8. The molecule has 9 aromatic carbocycles. The molecule has 0 aliphatic rings. The number of H-pyrrole nitrogens is 3. The van der Waals surface area contributed by atoms with Gasteiger partial charge in [0.2, 0.25) is 0 Å². The molecule has 0 bridgehead atoms. The van der Waals surface area contributed by atoms with Crippen molar-refractivity contribution in [2.75, 3.05) is 16.0 Å². The van der Waals surface area contributed by atoms with Gasteiger partial charge in [-0.1, -0.05) is 18.2 Å². The van der Waals surface area contributed by atoms with Crippen LogP contribution in [0.5, 0.6) is 34.5 Å². The Hall–Kier alpha value is -14.3. The highest BCUT2D eigenvalue weighted by molar-refractivity contribution is 6.06. The van der Waals surface area contributed by atoms with Crippen molar-refractivity contribution in [1.82, 2.24) is 60.5 Å². The number of fused-ring (bicyclic) bond motifs is 3. The summed E-state index contributed by atoms with van der Waals surface area (Å²) in [6, 6.07) is 39.5. The van der Waals surface area contributed by atoms with E-state index in [2.05, 4.69) is 76.4 Å². The van der Waals surface area contributed by atoms with Crippen molar-refractivity contribution in [1.29, 1.82) is 0 Å². The van der Waals surface area contributed by atoms with Crippen LogP contribution in [0, 0.1) is 23.3 Å². The molecule has 3 amide bonds. The van der Waals surface area contributed by atoms with Gasteiger partial charge in [-0.2, -0.15) is 41.6 Å². The molecular weight excluding hydrogens is 1380 g/mol. The van der Waals surface area contributed by atoms with Crippen molar-refractivity contribution in [3.63, 3.8) is 0 Å².